The van der Waals surface area contributed by atoms with Gasteiger partial charge in [0.25, 0.3) is 0 Å². The summed E-state index contributed by atoms with van der Waals surface area (Å²) in [6.07, 6.45) is 2.27. The van der Waals surface area contributed by atoms with Crippen molar-refractivity contribution >= 4 is 5.82 Å². The molecule has 1 aromatic carbocycles. The van der Waals surface area contributed by atoms with Crippen LogP contribution in [0.2, 0.25) is 0 Å². The van der Waals surface area contributed by atoms with Crippen molar-refractivity contribution in [2.45, 2.75) is 19.4 Å². The van der Waals surface area contributed by atoms with E-state index in [9.17, 15) is 5.11 Å². The van der Waals surface area contributed by atoms with Crippen LogP contribution in [0.1, 0.15) is 24.4 Å². The second kappa shape index (κ2) is 9.34. The quantitative estimate of drug-likeness (QED) is 0.641. The predicted octanol–water partition coefficient (Wildman–Crippen LogP) is 2.41. The molecule has 3 aromatic rings. The van der Waals surface area contributed by atoms with Crippen LogP contribution < -0.4 is 4.90 Å². The van der Waals surface area contributed by atoms with E-state index in [1.807, 2.05) is 18.3 Å². The number of methoxy groups -OCH3 is 1. The van der Waals surface area contributed by atoms with E-state index >= 15 is 0 Å². The van der Waals surface area contributed by atoms with Gasteiger partial charge < -0.3 is 19.5 Å². The summed E-state index contributed by atoms with van der Waals surface area (Å²) in [5.74, 6) is 1.85. The minimum atomic E-state index is -0.596. The Morgan fingerprint density at radius 1 is 1.13 bits per heavy atom. The number of aliphatic hydroxyl groups is 1. The van der Waals surface area contributed by atoms with Crippen molar-refractivity contribution in [1.82, 2.24) is 19.7 Å². The summed E-state index contributed by atoms with van der Waals surface area (Å²) in [6.45, 7) is 4.75. The van der Waals surface area contributed by atoms with E-state index < -0.39 is 6.10 Å². The van der Waals surface area contributed by atoms with Crippen LogP contribution in [0.4, 0.5) is 5.82 Å². The Labute approximate surface area is 176 Å². The summed E-state index contributed by atoms with van der Waals surface area (Å²) < 4.78 is 12.6. The van der Waals surface area contributed by atoms with Crippen LogP contribution >= 0.6 is 0 Å². The van der Waals surface area contributed by atoms with Gasteiger partial charge in [-0.3, -0.25) is 0 Å². The molecule has 1 saturated heterocycles. The molecule has 0 aliphatic carbocycles. The van der Waals surface area contributed by atoms with Crippen LogP contribution in [0.25, 0.3) is 17.1 Å². The number of hydrogen-bond acceptors (Lipinski definition) is 7. The predicted molar refractivity (Wildman–Crippen MR) is 114 cm³/mol. The lowest BCUT2D eigenvalue weighted by Gasteiger charge is -2.28. The van der Waals surface area contributed by atoms with Crippen molar-refractivity contribution in [2.75, 3.05) is 44.9 Å². The van der Waals surface area contributed by atoms with E-state index in [4.69, 9.17) is 14.6 Å². The number of anilines is 1. The summed E-state index contributed by atoms with van der Waals surface area (Å²) in [4.78, 5) is 11.4. The molecule has 3 heterocycles. The highest BCUT2D eigenvalue weighted by molar-refractivity contribution is 5.60. The Morgan fingerprint density at radius 2 is 1.93 bits per heavy atom. The number of benzene rings is 1. The second-order valence-corrected chi connectivity index (χ2v) is 7.15. The third-order valence-corrected chi connectivity index (χ3v) is 5.24. The lowest BCUT2D eigenvalue weighted by Crippen LogP contribution is -2.37. The first-order valence-electron chi connectivity index (χ1n) is 10.2. The standard InChI is InChI=1S/C22H27N5O3/c1-3-16-5-4-6-17(13-16)18-7-8-27(25-18)21-14-20(26-9-11-30-12-10-26)23-22(24-21)19(15-28)29-2/h4-8,13-14,19,28H,3,9-12,15H2,1-2H3. The minimum absolute atomic E-state index is 0.198. The first-order valence-corrected chi connectivity index (χ1v) is 10.2. The Kier molecular flexibility index (Phi) is 6.37. The summed E-state index contributed by atoms with van der Waals surface area (Å²) >= 11 is 0. The molecule has 1 aliphatic rings. The van der Waals surface area contributed by atoms with Crippen molar-refractivity contribution < 1.29 is 14.6 Å². The number of rotatable bonds is 7. The van der Waals surface area contributed by atoms with Gasteiger partial charge in [0.1, 0.15) is 11.9 Å². The van der Waals surface area contributed by atoms with Crippen LogP contribution in [-0.2, 0) is 15.9 Å². The van der Waals surface area contributed by atoms with E-state index in [0.717, 1.165) is 36.6 Å². The van der Waals surface area contributed by atoms with Gasteiger partial charge in [-0.05, 0) is 24.1 Å². The maximum Gasteiger partial charge on any atom is 0.164 e. The summed E-state index contributed by atoms with van der Waals surface area (Å²) in [6, 6.07) is 12.3. The number of hydrogen-bond donors (Lipinski definition) is 1. The fraction of sp³-hybridized carbons (Fsp3) is 0.409. The average Bonchev–Trinajstić information content (AvgIpc) is 3.31. The molecule has 8 heteroatoms. The first kappa shape index (κ1) is 20.5. The monoisotopic (exact) mass is 409 g/mol. The highest BCUT2D eigenvalue weighted by atomic mass is 16.5. The molecular formula is C22H27N5O3. The Bertz CT molecular complexity index is 980. The number of morpholine rings is 1. The third kappa shape index (κ3) is 4.35. The first-order chi connectivity index (χ1) is 14.7. The molecule has 2 aromatic heterocycles. The highest BCUT2D eigenvalue weighted by Gasteiger charge is 2.20. The number of nitrogens with zero attached hydrogens (tertiary/aromatic N) is 5. The molecule has 4 rings (SSSR count). The Balaban J connectivity index is 1.72. The molecule has 8 nitrogen and oxygen atoms in total. The Morgan fingerprint density at radius 3 is 2.67 bits per heavy atom. The number of aliphatic hydroxyl groups excluding tert-OH is 1. The molecule has 0 spiro atoms. The van der Waals surface area contributed by atoms with Gasteiger partial charge in [0.15, 0.2) is 11.6 Å². The van der Waals surface area contributed by atoms with Gasteiger partial charge in [0.2, 0.25) is 0 Å². The van der Waals surface area contributed by atoms with E-state index in [1.54, 1.807) is 4.68 Å². The molecular weight excluding hydrogens is 382 g/mol. The highest BCUT2D eigenvalue weighted by Crippen LogP contribution is 2.23. The van der Waals surface area contributed by atoms with Gasteiger partial charge in [-0.15, -0.1) is 0 Å². The number of aryl methyl sites for hydroxylation is 1. The van der Waals surface area contributed by atoms with Crippen molar-refractivity contribution in [3.63, 3.8) is 0 Å². The molecule has 0 saturated carbocycles. The van der Waals surface area contributed by atoms with Crippen LogP contribution in [0.15, 0.2) is 42.6 Å². The lowest BCUT2D eigenvalue weighted by molar-refractivity contribution is 0.0422. The fourth-order valence-electron chi connectivity index (χ4n) is 3.47. The largest absolute Gasteiger partial charge is 0.393 e. The van der Waals surface area contributed by atoms with Crippen molar-refractivity contribution in [3.05, 3.63) is 54.0 Å². The zero-order chi connectivity index (χ0) is 20.9. The van der Waals surface area contributed by atoms with E-state index in [0.29, 0.717) is 24.9 Å². The summed E-state index contributed by atoms with van der Waals surface area (Å²) in [5.41, 5.74) is 3.22. The number of ether oxygens (including phenoxy) is 2. The molecule has 1 fully saturated rings. The van der Waals surface area contributed by atoms with Gasteiger partial charge in [-0.25, -0.2) is 14.6 Å². The third-order valence-electron chi connectivity index (χ3n) is 5.24. The normalized spacial score (nSPS) is 15.4. The average molecular weight is 409 g/mol. The van der Waals surface area contributed by atoms with Crippen LogP contribution in [-0.4, -0.2) is 64.9 Å². The van der Waals surface area contributed by atoms with Gasteiger partial charge in [-0.1, -0.05) is 25.1 Å². The smallest absolute Gasteiger partial charge is 0.164 e. The fourth-order valence-corrected chi connectivity index (χ4v) is 3.47. The summed E-state index contributed by atoms with van der Waals surface area (Å²) in [5, 5.41) is 14.4. The maximum absolute atomic E-state index is 9.68. The molecule has 0 radical (unpaired) electrons. The zero-order valence-electron chi connectivity index (χ0n) is 17.4. The maximum atomic E-state index is 9.68. The van der Waals surface area contributed by atoms with Gasteiger partial charge >= 0.3 is 0 Å². The van der Waals surface area contributed by atoms with Crippen LogP contribution in [0, 0.1) is 0 Å². The number of aromatic nitrogens is 4. The van der Waals surface area contributed by atoms with Crippen molar-refractivity contribution in [3.8, 4) is 17.1 Å². The molecule has 1 N–H and O–H groups in total. The van der Waals surface area contributed by atoms with Crippen LogP contribution in [0.5, 0.6) is 0 Å². The minimum Gasteiger partial charge on any atom is -0.393 e. The molecule has 30 heavy (non-hydrogen) atoms. The second-order valence-electron chi connectivity index (χ2n) is 7.15. The molecule has 0 bridgehead atoms. The van der Waals surface area contributed by atoms with Crippen LogP contribution in [0.3, 0.4) is 0 Å². The lowest BCUT2D eigenvalue weighted by atomic mass is 10.1. The van der Waals surface area contributed by atoms with Gasteiger partial charge in [-0.2, -0.15) is 5.10 Å². The molecule has 1 unspecified atom stereocenters. The van der Waals surface area contributed by atoms with Gasteiger partial charge in [0, 0.05) is 38.0 Å². The van der Waals surface area contributed by atoms with Crippen molar-refractivity contribution in [2.24, 2.45) is 0 Å². The van der Waals surface area contributed by atoms with E-state index in [-0.39, 0.29) is 6.61 Å². The molecule has 158 valence electrons. The molecule has 1 aliphatic heterocycles. The zero-order valence-corrected chi connectivity index (χ0v) is 17.4. The molecule has 0 amide bonds. The molecule has 1 atom stereocenters. The van der Waals surface area contributed by atoms with Crippen molar-refractivity contribution in [1.29, 1.82) is 0 Å². The van der Waals surface area contributed by atoms with E-state index in [2.05, 4.69) is 46.1 Å². The Hall–Kier alpha value is -2.81. The topological polar surface area (TPSA) is 85.5 Å². The van der Waals surface area contributed by atoms with Gasteiger partial charge in [0.05, 0.1) is 25.5 Å². The SMILES string of the molecule is CCc1cccc(-c2ccn(-c3cc(N4CCOCC4)nc(C(CO)OC)n3)n2)c1. The summed E-state index contributed by atoms with van der Waals surface area (Å²) in [7, 11) is 1.54. The van der Waals surface area contributed by atoms with E-state index in [1.165, 1.54) is 12.7 Å².